The molecule has 16 heavy (non-hydrogen) atoms. The van der Waals surface area contributed by atoms with E-state index in [2.05, 4.69) is 15.5 Å². The van der Waals surface area contributed by atoms with Crippen molar-refractivity contribution in [2.75, 3.05) is 0 Å². The van der Waals surface area contributed by atoms with Crippen molar-refractivity contribution >= 4 is 11.9 Å². The molecule has 0 spiro atoms. The number of H-pyrrole nitrogens is 1. The maximum Gasteiger partial charge on any atom is 0.325 e. The summed E-state index contributed by atoms with van der Waals surface area (Å²) >= 11 is 0. The summed E-state index contributed by atoms with van der Waals surface area (Å²) < 4.78 is 0. The molecule has 1 heterocycles. The van der Waals surface area contributed by atoms with Crippen molar-refractivity contribution in [1.82, 2.24) is 15.5 Å². The monoisotopic (exact) mass is 225 g/mol. The number of aromatic amines is 1. The third kappa shape index (κ3) is 2.82. The van der Waals surface area contributed by atoms with Gasteiger partial charge in [0.15, 0.2) is 0 Å². The van der Waals surface area contributed by atoms with E-state index in [-0.39, 0.29) is 11.6 Å². The zero-order valence-electron chi connectivity index (χ0n) is 9.44. The van der Waals surface area contributed by atoms with Gasteiger partial charge in [0.2, 0.25) is 0 Å². The van der Waals surface area contributed by atoms with E-state index in [0.29, 0.717) is 0 Å². The second kappa shape index (κ2) is 4.78. The van der Waals surface area contributed by atoms with E-state index >= 15 is 0 Å². The largest absolute Gasteiger partial charge is 0.480 e. The predicted octanol–water partition coefficient (Wildman–Crippen LogP) is 0.736. The molecular weight excluding hydrogens is 210 g/mol. The van der Waals surface area contributed by atoms with E-state index in [1.807, 2.05) is 13.8 Å². The molecule has 3 N–H and O–H groups in total. The maximum absolute atomic E-state index is 11.5. The number of carboxylic acids is 1. The van der Waals surface area contributed by atoms with Gasteiger partial charge in [-0.25, -0.2) is 0 Å². The van der Waals surface area contributed by atoms with Crippen LogP contribution in [0.5, 0.6) is 0 Å². The molecule has 0 radical (unpaired) electrons. The third-order valence-corrected chi connectivity index (χ3v) is 2.17. The Kier molecular flexibility index (Phi) is 3.65. The number of rotatable bonds is 4. The minimum atomic E-state index is -1.08. The summed E-state index contributed by atoms with van der Waals surface area (Å²) in [6, 6.07) is 0.695. The summed E-state index contributed by atoms with van der Waals surface area (Å²) in [4.78, 5) is 22.1. The van der Waals surface area contributed by atoms with Crippen LogP contribution in [0.2, 0.25) is 0 Å². The fourth-order valence-corrected chi connectivity index (χ4v) is 1.08. The Bertz CT molecular complexity index is 398. The Labute approximate surface area is 93.1 Å². The van der Waals surface area contributed by atoms with Crippen molar-refractivity contribution in [1.29, 1.82) is 0 Å². The van der Waals surface area contributed by atoms with Gasteiger partial charge >= 0.3 is 5.97 Å². The highest BCUT2D eigenvalue weighted by atomic mass is 16.4. The Balaban J connectivity index is 2.70. The van der Waals surface area contributed by atoms with Crippen LogP contribution in [-0.2, 0) is 4.79 Å². The molecule has 1 unspecified atom stereocenters. The molecule has 88 valence electrons. The molecule has 0 bridgehead atoms. The molecule has 0 aromatic carbocycles. The summed E-state index contributed by atoms with van der Waals surface area (Å²) in [5, 5.41) is 17.5. The molecule has 0 aliphatic carbocycles. The summed E-state index contributed by atoms with van der Waals surface area (Å²) in [6.45, 7) is 5.33. The van der Waals surface area contributed by atoms with Gasteiger partial charge < -0.3 is 10.4 Å². The fraction of sp³-hybridized carbons (Fsp3) is 0.500. The molecule has 0 aliphatic heterocycles. The molecule has 0 saturated carbocycles. The molecule has 1 aromatic rings. The average molecular weight is 225 g/mol. The first-order valence-electron chi connectivity index (χ1n) is 5.00. The third-order valence-electron chi connectivity index (χ3n) is 2.17. The van der Waals surface area contributed by atoms with E-state index < -0.39 is 17.9 Å². The van der Waals surface area contributed by atoms with Gasteiger partial charge in [-0.3, -0.25) is 14.7 Å². The van der Waals surface area contributed by atoms with Crippen LogP contribution in [0.15, 0.2) is 6.07 Å². The van der Waals surface area contributed by atoms with E-state index in [1.54, 1.807) is 6.07 Å². The van der Waals surface area contributed by atoms with Crippen LogP contribution >= 0.6 is 0 Å². The molecule has 1 atom stereocenters. The van der Waals surface area contributed by atoms with Gasteiger partial charge in [0.05, 0.1) is 0 Å². The quantitative estimate of drug-likeness (QED) is 0.704. The smallest absolute Gasteiger partial charge is 0.325 e. The van der Waals surface area contributed by atoms with Gasteiger partial charge in [0, 0.05) is 5.69 Å². The minimum absolute atomic E-state index is 0.205. The molecule has 0 fully saturated rings. The number of aliphatic carboxylic acids is 1. The van der Waals surface area contributed by atoms with Crippen molar-refractivity contribution < 1.29 is 14.7 Å². The Morgan fingerprint density at radius 1 is 1.44 bits per heavy atom. The molecular formula is C10H15N3O3. The highest BCUT2D eigenvalue weighted by Crippen LogP contribution is 2.11. The Morgan fingerprint density at radius 3 is 2.50 bits per heavy atom. The SMILES string of the molecule is CC(NC(=O)c1cc(C(C)C)[nH]n1)C(=O)O. The number of nitrogens with one attached hydrogen (secondary N) is 2. The van der Waals surface area contributed by atoms with E-state index in [9.17, 15) is 9.59 Å². The molecule has 0 saturated heterocycles. The van der Waals surface area contributed by atoms with Crippen molar-refractivity contribution in [3.8, 4) is 0 Å². The topological polar surface area (TPSA) is 95.1 Å². The van der Waals surface area contributed by atoms with Crippen molar-refractivity contribution in [3.05, 3.63) is 17.5 Å². The summed E-state index contributed by atoms with van der Waals surface area (Å²) in [5.74, 6) is -1.32. The van der Waals surface area contributed by atoms with Gasteiger partial charge in [-0.15, -0.1) is 0 Å². The summed E-state index contributed by atoms with van der Waals surface area (Å²) in [6.07, 6.45) is 0. The average Bonchev–Trinajstić information content (AvgIpc) is 2.65. The standard InChI is InChI=1S/C10H15N3O3/c1-5(2)7-4-8(13-12-7)9(14)11-6(3)10(15)16/h4-6H,1-3H3,(H,11,14)(H,12,13)(H,15,16). The van der Waals surface area contributed by atoms with Gasteiger partial charge in [-0.2, -0.15) is 5.10 Å². The minimum Gasteiger partial charge on any atom is -0.480 e. The highest BCUT2D eigenvalue weighted by molar-refractivity contribution is 5.94. The molecule has 1 aromatic heterocycles. The summed E-state index contributed by atoms with van der Waals surface area (Å²) in [5.41, 5.74) is 1.05. The zero-order valence-corrected chi connectivity index (χ0v) is 9.44. The first-order valence-corrected chi connectivity index (χ1v) is 5.00. The first kappa shape index (κ1) is 12.2. The molecule has 1 amide bonds. The number of carbonyl (C=O) groups is 2. The van der Waals surface area contributed by atoms with Gasteiger partial charge in [0.25, 0.3) is 5.91 Å². The molecule has 0 aliphatic rings. The van der Waals surface area contributed by atoms with E-state index in [4.69, 9.17) is 5.11 Å². The molecule has 6 heteroatoms. The van der Waals surface area contributed by atoms with Gasteiger partial charge in [-0.1, -0.05) is 13.8 Å². The number of aromatic nitrogens is 2. The number of amides is 1. The normalized spacial score (nSPS) is 12.5. The second-order valence-electron chi connectivity index (χ2n) is 3.90. The van der Waals surface area contributed by atoms with Crippen LogP contribution in [0, 0.1) is 0 Å². The first-order chi connectivity index (χ1) is 7.41. The lowest BCUT2D eigenvalue weighted by atomic mass is 10.1. The number of hydrogen-bond acceptors (Lipinski definition) is 3. The Hall–Kier alpha value is -1.85. The molecule has 6 nitrogen and oxygen atoms in total. The van der Waals surface area contributed by atoms with E-state index in [0.717, 1.165) is 5.69 Å². The lowest BCUT2D eigenvalue weighted by molar-refractivity contribution is -0.138. The number of hydrogen-bond donors (Lipinski definition) is 3. The second-order valence-corrected chi connectivity index (χ2v) is 3.90. The van der Waals surface area contributed by atoms with Gasteiger partial charge in [-0.05, 0) is 18.9 Å². The lowest BCUT2D eigenvalue weighted by Gasteiger charge is -2.06. The van der Waals surface area contributed by atoms with Crippen molar-refractivity contribution in [2.24, 2.45) is 0 Å². The fourth-order valence-electron chi connectivity index (χ4n) is 1.08. The van der Waals surface area contributed by atoms with Crippen LogP contribution < -0.4 is 5.32 Å². The van der Waals surface area contributed by atoms with Gasteiger partial charge in [0.1, 0.15) is 11.7 Å². The Morgan fingerprint density at radius 2 is 2.06 bits per heavy atom. The highest BCUT2D eigenvalue weighted by Gasteiger charge is 2.17. The number of nitrogens with zero attached hydrogens (tertiary/aromatic N) is 1. The van der Waals surface area contributed by atoms with Crippen LogP contribution in [0.3, 0.4) is 0 Å². The van der Waals surface area contributed by atoms with Crippen LogP contribution in [0.4, 0.5) is 0 Å². The van der Waals surface area contributed by atoms with Crippen molar-refractivity contribution in [3.63, 3.8) is 0 Å². The van der Waals surface area contributed by atoms with Crippen LogP contribution in [0.25, 0.3) is 0 Å². The van der Waals surface area contributed by atoms with Crippen molar-refractivity contribution in [2.45, 2.75) is 32.7 Å². The van der Waals surface area contributed by atoms with E-state index in [1.165, 1.54) is 6.92 Å². The molecule has 1 rings (SSSR count). The number of carbonyl (C=O) groups excluding carboxylic acids is 1. The number of carboxylic acid groups (broad SMARTS) is 1. The van der Waals surface area contributed by atoms with Crippen LogP contribution in [0.1, 0.15) is 42.9 Å². The van der Waals surface area contributed by atoms with Crippen LogP contribution in [-0.4, -0.2) is 33.2 Å². The summed E-state index contributed by atoms with van der Waals surface area (Å²) in [7, 11) is 0. The predicted molar refractivity (Wildman–Crippen MR) is 57.2 cm³/mol. The maximum atomic E-state index is 11.5. The zero-order chi connectivity index (χ0) is 12.3. The lowest BCUT2D eigenvalue weighted by Crippen LogP contribution is -2.38.